The Morgan fingerprint density at radius 3 is 2.57 bits per heavy atom. The van der Waals surface area contributed by atoms with Crippen molar-refractivity contribution in [3.63, 3.8) is 0 Å². The molecule has 1 aliphatic heterocycles. The van der Waals surface area contributed by atoms with Crippen LogP contribution in [-0.2, 0) is 6.54 Å². The van der Waals surface area contributed by atoms with Gasteiger partial charge < -0.3 is 15.4 Å². The summed E-state index contributed by atoms with van der Waals surface area (Å²) in [7, 11) is 1.78. The van der Waals surface area contributed by atoms with Gasteiger partial charge in [-0.2, -0.15) is 0 Å². The highest BCUT2D eigenvalue weighted by atomic mass is 127. The number of hydrogen-bond acceptors (Lipinski definition) is 3. The van der Waals surface area contributed by atoms with Crippen LogP contribution in [0.3, 0.4) is 0 Å². The van der Waals surface area contributed by atoms with Gasteiger partial charge >= 0.3 is 0 Å². The van der Waals surface area contributed by atoms with E-state index in [1.807, 2.05) is 6.92 Å². The van der Waals surface area contributed by atoms with E-state index < -0.39 is 0 Å². The van der Waals surface area contributed by atoms with Gasteiger partial charge in [-0.1, -0.05) is 36.4 Å². The predicted molar refractivity (Wildman–Crippen MR) is 131 cm³/mol. The molecule has 7 heteroatoms. The summed E-state index contributed by atoms with van der Waals surface area (Å²) >= 11 is 0. The molecule has 164 valence electrons. The maximum absolute atomic E-state index is 13.3. The third kappa shape index (κ3) is 8.10. The number of guanidine groups is 1. The van der Waals surface area contributed by atoms with Crippen LogP contribution in [-0.4, -0.2) is 49.7 Å². The second-order valence-corrected chi connectivity index (χ2v) is 7.52. The predicted octanol–water partition coefficient (Wildman–Crippen LogP) is 4.04. The van der Waals surface area contributed by atoms with E-state index in [0.29, 0.717) is 18.3 Å². The Hall–Kier alpha value is -1.87. The highest BCUT2D eigenvalue weighted by molar-refractivity contribution is 14.0. The van der Waals surface area contributed by atoms with Gasteiger partial charge in [0, 0.05) is 38.8 Å². The topological polar surface area (TPSA) is 48.9 Å². The molecule has 2 aromatic rings. The summed E-state index contributed by atoms with van der Waals surface area (Å²) in [6.07, 6.45) is 2.06. The van der Waals surface area contributed by atoms with Crippen LogP contribution in [0.25, 0.3) is 0 Å². The van der Waals surface area contributed by atoms with Crippen molar-refractivity contribution in [2.75, 3.05) is 26.7 Å². The largest absolute Gasteiger partial charge is 0.489 e. The molecule has 1 atom stereocenters. The third-order valence-electron chi connectivity index (χ3n) is 5.09. The maximum atomic E-state index is 13.3. The third-order valence-corrected chi connectivity index (χ3v) is 5.09. The summed E-state index contributed by atoms with van der Waals surface area (Å²) in [5.41, 5.74) is 1.36. The van der Waals surface area contributed by atoms with Crippen LogP contribution in [0.5, 0.6) is 5.75 Å². The van der Waals surface area contributed by atoms with E-state index in [1.165, 1.54) is 17.7 Å². The SMILES string of the molecule is CN=C(NCC(C)Oc1cccc(F)c1)NC1CCN(Cc2ccccc2)CC1.I. The lowest BCUT2D eigenvalue weighted by Gasteiger charge is -2.33. The van der Waals surface area contributed by atoms with Gasteiger partial charge in [0.25, 0.3) is 0 Å². The lowest BCUT2D eigenvalue weighted by molar-refractivity contribution is 0.197. The molecule has 0 bridgehead atoms. The monoisotopic (exact) mass is 526 g/mol. The van der Waals surface area contributed by atoms with E-state index in [4.69, 9.17) is 4.74 Å². The highest BCUT2D eigenvalue weighted by Gasteiger charge is 2.20. The van der Waals surface area contributed by atoms with Crippen LogP contribution >= 0.6 is 24.0 Å². The smallest absolute Gasteiger partial charge is 0.191 e. The highest BCUT2D eigenvalue weighted by Crippen LogP contribution is 2.15. The van der Waals surface area contributed by atoms with Crippen molar-refractivity contribution in [2.24, 2.45) is 4.99 Å². The normalized spacial score (nSPS) is 16.4. The lowest BCUT2D eigenvalue weighted by atomic mass is 10.0. The van der Waals surface area contributed by atoms with E-state index in [-0.39, 0.29) is 35.9 Å². The van der Waals surface area contributed by atoms with Crippen LogP contribution < -0.4 is 15.4 Å². The number of rotatable bonds is 7. The van der Waals surface area contributed by atoms with E-state index in [9.17, 15) is 4.39 Å². The fourth-order valence-electron chi connectivity index (χ4n) is 3.52. The van der Waals surface area contributed by atoms with Crippen molar-refractivity contribution < 1.29 is 9.13 Å². The van der Waals surface area contributed by atoms with Crippen LogP contribution in [0.2, 0.25) is 0 Å². The number of nitrogens with zero attached hydrogens (tertiary/aromatic N) is 2. The molecule has 3 rings (SSSR count). The second-order valence-electron chi connectivity index (χ2n) is 7.52. The molecule has 0 amide bonds. The second kappa shape index (κ2) is 12.7. The Bertz CT molecular complexity index is 782. The zero-order valence-corrected chi connectivity index (χ0v) is 20.0. The fourth-order valence-corrected chi connectivity index (χ4v) is 3.52. The maximum Gasteiger partial charge on any atom is 0.191 e. The Morgan fingerprint density at radius 1 is 1.17 bits per heavy atom. The van der Waals surface area contributed by atoms with Crippen LogP contribution in [0, 0.1) is 5.82 Å². The number of hydrogen-bond donors (Lipinski definition) is 2. The number of nitrogens with one attached hydrogen (secondary N) is 2. The molecule has 2 N–H and O–H groups in total. The Morgan fingerprint density at radius 2 is 1.90 bits per heavy atom. The number of ether oxygens (including phenoxy) is 1. The molecule has 30 heavy (non-hydrogen) atoms. The molecule has 0 radical (unpaired) electrons. The number of benzene rings is 2. The number of piperidine rings is 1. The summed E-state index contributed by atoms with van der Waals surface area (Å²) < 4.78 is 19.0. The van der Waals surface area contributed by atoms with Gasteiger partial charge in [-0.05, 0) is 37.5 Å². The van der Waals surface area contributed by atoms with E-state index in [0.717, 1.165) is 38.4 Å². The molecular formula is C23H32FIN4O. The first-order valence-corrected chi connectivity index (χ1v) is 10.3. The van der Waals surface area contributed by atoms with Crippen LogP contribution in [0.1, 0.15) is 25.3 Å². The molecule has 1 unspecified atom stereocenters. The van der Waals surface area contributed by atoms with Crippen molar-refractivity contribution in [2.45, 2.75) is 38.5 Å². The minimum absolute atomic E-state index is 0. The molecule has 5 nitrogen and oxygen atoms in total. The van der Waals surface area contributed by atoms with E-state index in [1.54, 1.807) is 19.2 Å². The summed E-state index contributed by atoms with van der Waals surface area (Å²) in [4.78, 5) is 6.83. The van der Waals surface area contributed by atoms with Crippen molar-refractivity contribution in [1.29, 1.82) is 0 Å². The molecule has 0 aliphatic carbocycles. The zero-order valence-electron chi connectivity index (χ0n) is 17.7. The van der Waals surface area contributed by atoms with Crippen molar-refractivity contribution >= 4 is 29.9 Å². The summed E-state index contributed by atoms with van der Waals surface area (Å²) in [5.74, 6) is 1.02. The van der Waals surface area contributed by atoms with Crippen molar-refractivity contribution in [1.82, 2.24) is 15.5 Å². The number of halogens is 2. The first-order valence-electron chi connectivity index (χ1n) is 10.3. The van der Waals surface area contributed by atoms with E-state index >= 15 is 0 Å². The van der Waals surface area contributed by atoms with Crippen LogP contribution in [0.4, 0.5) is 4.39 Å². The lowest BCUT2D eigenvalue weighted by Crippen LogP contribution is -2.49. The Balaban J connectivity index is 0.00000320. The zero-order chi connectivity index (χ0) is 20.5. The van der Waals surface area contributed by atoms with Gasteiger partial charge in [-0.15, -0.1) is 24.0 Å². The quantitative estimate of drug-likeness (QED) is 0.325. The van der Waals surface area contributed by atoms with Gasteiger partial charge in [0.05, 0.1) is 6.54 Å². The Labute approximate surface area is 196 Å². The van der Waals surface area contributed by atoms with Crippen molar-refractivity contribution in [3.8, 4) is 5.75 Å². The van der Waals surface area contributed by atoms with Gasteiger partial charge in [0.2, 0.25) is 0 Å². The number of aliphatic imine (C=N–C) groups is 1. The minimum Gasteiger partial charge on any atom is -0.489 e. The molecule has 1 heterocycles. The van der Waals surface area contributed by atoms with Gasteiger partial charge in [-0.25, -0.2) is 4.39 Å². The molecule has 1 fully saturated rings. The van der Waals surface area contributed by atoms with E-state index in [2.05, 4.69) is 50.9 Å². The van der Waals surface area contributed by atoms with Gasteiger partial charge in [0.1, 0.15) is 17.7 Å². The summed E-state index contributed by atoms with van der Waals surface area (Å²) in [5, 5.41) is 6.82. The van der Waals surface area contributed by atoms with Gasteiger partial charge in [-0.3, -0.25) is 9.89 Å². The standard InChI is InChI=1S/C23H31FN4O.HI/c1-18(29-22-10-6-9-20(24)15-22)16-26-23(25-2)27-21-11-13-28(14-12-21)17-19-7-4-3-5-8-19;/h3-10,15,18,21H,11-14,16-17H2,1-2H3,(H2,25,26,27);1H. The summed E-state index contributed by atoms with van der Waals surface area (Å²) in [6.45, 7) is 5.69. The first-order chi connectivity index (χ1) is 14.1. The molecule has 0 saturated carbocycles. The summed E-state index contributed by atoms with van der Waals surface area (Å²) in [6, 6.07) is 17.2. The number of likely N-dealkylation sites (tertiary alicyclic amines) is 1. The molecule has 2 aromatic carbocycles. The fraction of sp³-hybridized carbons (Fsp3) is 0.435. The first kappa shape index (κ1) is 24.4. The Kier molecular flexibility index (Phi) is 10.4. The molecule has 0 aromatic heterocycles. The average Bonchev–Trinajstić information content (AvgIpc) is 2.73. The molecule has 1 saturated heterocycles. The molecule has 1 aliphatic rings. The van der Waals surface area contributed by atoms with Crippen LogP contribution in [0.15, 0.2) is 59.6 Å². The minimum atomic E-state index is -0.293. The molecule has 0 spiro atoms. The van der Waals surface area contributed by atoms with Gasteiger partial charge in [0.15, 0.2) is 5.96 Å². The van der Waals surface area contributed by atoms with Crippen molar-refractivity contribution in [3.05, 3.63) is 66.0 Å². The average molecular weight is 526 g/mol. The molecular weight excluding hydrogens is 494 g/mol.